The Morgan fingerprint density at radius 3 is 2.79 bits per heavy atom. The minimum absolute atomic E-state index is 0.0420. The van der Waals surface area contributed by atoms with Crippen molar-refractivity contribution in [3.05, 3.63) is 29.3 Å². The maximum absolute atomic E-state index is 12.2. The highest BCUT2D eigenvalue weighted by Crippen LogP contribution is 2.35. The first-order valence-corrected chi connectivity index (χ1v) is 6.70. The molecule has 2 rings (SSSR count). The smallest absolute Gasteiger partial charge is 0.232 e. The van der Waals surface area contributed by atoms with Crippen molar-refractivity contribution in [3.63, 3.8) is 0 Å². The fourth-order valence-electron chi connectivity index (χ4n) is 2.53. The second-order valence-corrected chi connectivity index (χ2v) is 5.69. The van der Waals surface area contributed by atoms with E-state index in [-0.39, 0.29) is 12.5 Å². The van der Waals surface area contributed by atoms with E-state index in [9.17, 15) is 9.90 Å². The zero-order chi connectivity index (χ0) is 14.0. The summed E-state index contributed by atoms with van der Waals surface area (Å²) in [6.07, 6.45) is 1.40. The van der Waals surface area contributed by atoms with Crippen LogP contribution in [-0.2, 0) is 17.6 Å². The average Bonchev–Trinajstić information content (AvgIpc) is 2.72. The molecule has 4 heteroatoms. The van der Waals surface area contributed by atoms with Gasteiger partial charge in [0.15, 0.2) is 0 Å². The number of carbonyl (C=O) groups excluding carboxylic acids is 1. The number of carbonyl (C=O) groups is 1. The lowest BCUT2D eigenvalue weighted by Gasteiger charge is -2.34. The Bertz CT molecular complexity index is 483. The first-order valence-electron chi connectivity index (χ1n) is 6.70. The number of fused-ring (bicyclic) bond motifs is 1. The van der Waals surface area contributed by atoms with Gasteiger partial charge in [0.2, 0.25) is 5.91 Å². The molecular weight excluding hydrogens is 240 g/mol. The highest BCUT2D eigenvalue weighted by atomic mass is 16.3. The van der Waals surface area contributed by atoms with Gasteiger partial charge in [0.25, 0.3) is 0 Å². The Morgan fingerprint density at radius 1 is 1.42 bits per heavy atom. The first kappa shape index (κ1) is 14.0. The molecule has 1 aromatic rings. The van der Waals surface area contributed by atoms with Gasteiger partial charge >= 0.3 is 0 Å². The normalized spacial score (nSPS) is 14.9. The molecule has 1 aliphatic rings. The zero-order valence-corrected chi connectivity index (χ0v) is 11.9. The number of aliphatic hydroxyl groups is 1. The maximum Gasteiger partial charge on any atom is 0.232 e. The molecule has 0 spiro atoms. The van der Waals surface area contributed by atoms with Crippen LogP contribution in [0.2, 0.25) is 0 Å². The minimum atomic E-state index is -0.547. The van der Waals surface area contributed by atoms with Crippen molar-refractivity contribution in [1.29, 1.82) is 0 Å². The lowest BCUT2D eigenvalue weighted by atomic mass is 10.0. The van der Waals surface area contributed by atoms with E-state index in [0.29, 0.717) is 6.42 Å². The number of hydrogen-bond donors (Lipinski definition) is 2. The molecule has 2 N–H and O–H groups in total. The van der Waals surface area contributed by atoms with Crippen LogP contribution in [0, 0.1) is 0 Å². The molecule has 0 unspecified atom stereocenters. The van der Waals surface area contributed by atoms with E-state index in [4.69, 9.17) is 0 Å². The lowest BCUT2D eigenvalue weighted by Crippen LogP contribution is -2.48. The van der Waals surface area contributed by atoms with Crippen LogP contribution in [0.4, 0.5) is 5.69 Å². The van der Waals surface area contributed by atoms with Gasteiger partial charge in [-0.05, 0) is 51.1 Å². The van der Waals surface area contributed by atoms with Crippen LogP contribution in [-0.4, -0.2) is 36.8 Å². The van der Waals surface area contributed by atoms with Crippen LogP contribution < -0.4 is 10.2 Å². The molecule has 0 saturated heterocycles. The van der Waals surface area contributed by atoms with Crippen molar-refractivity contribution in [2.45, 2.75) is 32.2 Å². The molecule has 0 radical (unpaired) electrons. The van der Waals surface area contributed by atoms with Gasteiger partial charge in [-0.1, -0.05) is 12.1 Å². The molecule has 0 aromatic heterocycles. The summed E-state index contributed by atoms with van der Waals surface area (Å²) in [5, 5.41) is 12.6. The summed E-state index contributed by atoms with van der Waals surface area (Å²) in [7, 11) is 1.93. The van der Waals surface area contributed by atoms with Gasteiger partial charge in [0, 0.05) is 5.69 Å². The number of rotatable bonds is 5. The van der Waals surface area contributed by atoms with Gasteiger partial charge in [-0.25, -0.2) is 0 Å². The van der Waals surface area contributed by atoms with E-state index >= 15 is 0 Å². The lowest BCUT2D eigenvalue weighted by molar-refractivity contribution is -0.118. The topological polar surface area (TPSA) is 52.6 Å². The fraction of sp³-hybridized carbons (Fsp3) is 0.533. The van der Waals surface area contributed by atoms with Crippen LogP contribution in [0.15, 0.2) is 18.2 Å². The number of benzene rings is 1. The molecule has 1 aromatic carbocycles. The molecule has 1 amide bonds. The molecule has 0 aliphatic carbocycles. The number of nitrogens with one attached hydrogen (secondary N) is 1. The van der Waals surface area contributed by atoms with Crippen molar-refractivity contribution in [2.75, 3.05) is 25.1 Å². The van der Waals surface area contributed by atoms with E-state index in [1.54, 1.807) is 4.90 Å². The molecule has 0 fully saturated rings. The fourth-order valence-corrected chi connectivity index (χ4v) is 2.53. The van der Waals surface area contributed by atoms with E-state index in [0.717, 1.165) is 24.2 Å². The number of anilines is 1. The minimum Gasteiger partial charge on any atom is -0.394 e. The maximum atomic E-state index is 12.2. The predicted octanol–water partition coefficient (Wildman–Crippen LogP) is 1.11. The van der Waals surface area contributed by atoms with E-state index < -0.39 is 5.54 Å². The molecule has 19 heavy (non-hydrogen) atoms. The van der Waals surface area contributed by atoms with Crippen LogP contribution in [0.1, 0.15) is 25.0 Å². The Balaban J connectivity index is 2.30. The van der Waals surface area contributed by atoms with Gasteiger partial charge in [0.05, 0.1) is 18.6 Å². The number of aliphatic hydroxyl groups excluding tert-OH is 1. The summed E-state index contributed by atoms with van der Waals surface area (Å²) in [5.74, 6) is 0.0693. The number of nitrogens with zero attached hydrogens (tertiary/aromatic N) is 1. The van der Waals surface area contributed by atoms with E-state index in [1.165, 1.54) is 5.56 Å². The van der Waals surface area contributed by atoms with Crippen molar-refractivity contribution in [3.8, 4) is 0 Å². The Labute approximate surface area is 114 Å². The van der Waals surface area contributed by atoms with Gasteiger partial charge in [-0.3, -0.25) is 4.79 Å². The second-order valence-electron chi connectivity index (χ2n) is 5.69. The van der Waals surface area contributed by atoms with Gasteiger partial charge in [-0.15, -0.1) is 0 Å². The third-order valence-electron chi connectivity index (χ3n) is 3.63. The monoisotopic (exact) mass is 262 g/mol. The molecule has 4 nitrogen and oxygen atoms in total. The van der Waals surface area contributed by atoms with Crippen molar-refractivity contribution in [1.82, 2.24) is 5.32 Å². The summed E-state index contributed by atoms with van der Waals surface area (Å²) >= 11 is 0. The summed E-state index contributed by atoms with van der Waals surface area (Å²) in [6.45, 7) is 4.65. The molecule has 1 heterocycles. The zero-order valence-electron chi connectivity index (χ0n) is 11.9. The summed E-state index contributed by atoms with van der Waals surface area (Å²) < 4.78 is 0. The quantitative estimate of drug-likeness (QED) is 0.836. The molecule has 104 valence electrons. The molecule has 0 bridgehead atoms. The van der Waals surface area contributed by atoms with Crippen molar-refractivity contribution in [2.24, 2.45) is 0 Å². The predicted molar refractivity (Wildman–Crippen MR) is 76.4 cm³/mol. The first-order chi connectivity index (χ1) is 8.99. The molecule has 0 atom stereocenters. The molecule has 0 saturated carbocycles. The highest BCUT2D eigenvalue weighted by Gasteiger charge is 2.37. The number of hydrogen-bond acceptors (Lipinski definition) is 3. The average molecular weight is 262 g/mol. The summed E-state index contributed by atoms with van der Waals surface area (Å²) in [6, 6.07) is 6.18. The summed E-state index contributed by atoms with van der Waals surface area (Å²) in [5.41, 5.74) is 2.70. The third-order valence-corrected chi connectivity index (χ3v) is 3.63. The largest absolute Gasteiger partial charge is 0.394 e. The van der Waals surface area contributed by atoms with Crippen LogP contribution in [0.25, 0.3) is 0 Å². The van der Waals surface area contributed by atoms with E-state index in [2.05, 4.69) is 17.4 Å². The highest BCUT2D eigenvalue weighted by molar-refractivity contribution is 6.02. The third kappa shape index (κ3) is 2.65. The van der Waals surface area contributed by atoms with Gasteiger partial charge in [0.1, 0.15) is 0 Å². The Morgan fingerprint density at radius 2 is 2.16 bits per heavy atom. The SMILES string of the molecule is CNCCc1ccc2c(c1)CC(=O)N2C(C)(C)CO. The number of amides is 1. The van der Waals surface area contributed by atoms with Crippen molar-refractivity contribution < 1.29 is 9.90 Å². The number of likely N-dealkylation sites (N-methyl/N-ethyl adjacent to an activating group) is 1. The Kier molecular flexibility index (Phi) is 3.92. The molecular formula is C15H22N2O2. The van der Waals surface area contributed by atoms with Crippen LogP contribution >= 0.6 is 0 Å². The standard InChI is InChI=1S/C15H22N2O2/c1-15(2,10-18)17-13-5-4-11(6-7-16-3)8-12(13)9-14(17)19/h4-5,8,16,18H,6-7,9-10H2,1-3H3. The molecule has 1 aliphatic heterocycles. The van der Waals surface area contributed by atoms with Crippen LogP contribution in [0.5, 0.6) is 0 Å². The van der Waals surface area contributed by atoms with Gasteiger partial charge < -0.3 is 15.3 Å². The van der Waals surface area contributed by atoms with Gasteiger partial charge in [-0.2, -0.15) is 0 Å². The van der Waals surface area contributed by atoms with Crippen LogP contribution in [0.3, 0.4) is 0 Å². The Hall–Kier alpha value is -1.39. The van der Waals surface area contributed by atoms with E-state index in [1.807, 2.05) is 27.0 Å². The van der Waals surface area contributed by atoms with Crippen molar-refractivity contribution >= 4 is 11.6 Å². The summed E-state index contributed by atoms with van der Waals surface area (Å²) in [4.78, 5) is 13.9. The second kappa shape index (κ2) is 5.31.